The second-order valence-electron chi connectivity index (χ2n) is 6.13. The molecule has 0 aromatic heterocycles. The lowest BCUT2D eigenvalue weighted by atomic mass is 9.74. The highest BCUT2D eigenvalue weighted by Crippen LogP contribution is 2.35. The van der Waals surface area contributed by atoms with Crippen LogP contribution in [0.2, 0.25) is 0 Å². The Balaban J connectivity index is 2.04. The zero-order valence-corrected chi connectivity index (χ0v) is 15.3. The number of carboxylic acid groups (broad SMARTS) is 1. The fourth-order valence-corrected chi connectivity index (χ4v) is 3.29. The molecule has 1 aromatic rings. The predicted octanol–water partition coefficient (Wildman–Crippen LogP) is 2.61. The number of ether oxygens (including phenoxy) is 1. The lowest BCUT2D eigenvalue weighted by Crippen LogP contribution is -2.48. The van der Waals surface area contributed by atoms with Gasteiger partial charge in [0, 0.05) is 43.2 Å². The molecule has 6 nitrogen and oxygen atoms in total. The van der Waals surface area contributed by atoms with Crippen LogP contribution < -0.4 is 5.32 Å². The lowest BCUT2D eigenvalue weighted by Gasteiger charge is -2.38. The van der Waals surface area contributed by atoms with Crippen LogP contribution in [0.1, 0.15) is 24.8 Å². The molecule has 2 rings (SSSR count). The van der Waals surface area contributed by atoms with Crippen molar-refractivity contribution < 1.29 is 19.4 Å². The minimum Gasteiger partial charge on any atom is -0.481 e. The van der Waals surface area contributed by atoms with Crippen LogP contribution in [0, 0.1) is 0 Å². The van der Waals surface area contributed by atoms with Crippen molar-refractivity contribution in [3.63, 3.8) is 0 Å². The fourth-order valence-electron chi connectivity index (χ4n) is 2.89. The maximum absolute atomic E-state index is 12.2. The maximum Gasteiger partial charge on any atom is 0.317 e. The molecule has 1 aromatic carbocycles. The first kappa shape index (κ1) is 18.7. The molecule has 0 atom stereocenters. The van der Waals surface area contributed by atoms with E-state index in [1.165, 1.54) is 10.5 Å². The van der Waals surface area contributed by atoms with Gasteiger partial charge in [0.1, 0.15) is 0 Å². The summed E-state index contributed by atoms with van der Waals surface area (Å²) >= 11 is 3.51. The van der Waals surface area contributed by atoms with E-state index in [1.54, 1.807) is 7.05 Å². The molecule has 1 aliphatic rings. The average molecular weight is 399 g/mol. The van der Waals surface area contributed by atoms with Gasteiger partial charge in [0.2, 0.25) is 0 Å². The molecule has 0 aliphatic carbocycles. The second kappa shape index (κ2) is 8.48. The highest BCUT2D eigenvalue weighted by Gasteiger charge is 2.35. The molecule has 0 unspecified atom stereocenters. The number of amides is 2. The van der Waals surface area contributed by atoms with Gasteiger partial charge in [-0.05, 0) is 30.5 Å². The molecule has 1 aliphatic heterocycles. The van der Waals surface area contributed by atoms with Gasteiger partial charge in [-0.25, -0.2) is 4.79 Å². The minimum atomic E-state index is -0.912. The van der Waals surface area contributed by atoms with Crippen molar-refractivity contribution in [3.8, 4) is 0 Å². The van der Waals surface area contributed by atoms with E-state index < -0.39 is 5.97 Å². The smallest absolute Gasteiger partial charge is 0.317 e. The van der Waals surface area contributed by atoms with Crippen molar-refractivity contribution in [2.24, 2.45) is 0 Å². The van der Waals surface area contributed by atoms with Gasteiger partial charge >= 0.3 is 12.0 Å². The molecule has 7 heteroatoms. The number of urea groups is 1. The Labute approximate surface area is 150 Å². The van der Waals surface area contributed by atoms with Crippen LogP contribution in [0.25, 0.3) is 0 Å². The number of carbonyl (C=O) groups is 2. The van der Waals surface area contributed by atoms with Crippen molar-refractivity contribution in [2.45, 2.75) is 24.7 Å². The normalized spacial score (nSPS) is 16.4. The molecule has 0 radical (unpaired) electrons. The van der Waals surface area contributed by atoms with Crippen molar-refractivity contribution in [1.29, 1.82) is 0 Å². The summed E-state index contributed by atoms with van der Waals surface area (Å²) < 4.78 is 6.51. The lowest BCUT2D eigenvalue weighted by molar-refractivity contribution is -0.137. The minimum absolute atomic E-state index is 0.0610. The molecular formula is C17H23BrN2O4. The number of rotatable bonds is 6. The highest BCUT2D eigenvalue weighted by atomic mass is 79.9. The standard InChI is InChI=1S/C17H23BrN2O4/c1-20(8-5-15(21)22)16(23)19-12-17(6-9-24-10-7-17)13-3-2-4-14(18)11-13/h2-4,11H,5-10,12H2,1H3,(H,19,23)(H,21,22). The Morgan fingerprint density at radius 1 is 1.38 bits per heavy atom. The third-order valence-corrected chi connectivity index (χ3v) is 4.97. The SMILES string of the molecule is CN(CCC(=O)O)C(=O)NCC1(c2cccc(Br)c2)CCOCC1. The van der Waals surface area contributed by atoms with E-state index in [9.17, 15) is 9.59 Å². The van der Waals surface area contributed by atoms with Crippen LogP contribution in [0.3, 0.4) is 0 Å². The third kappa shape index (κ3) is 4.95. The molecule has 2 amide bonds. The zero-order valence-electron chi connectivity index (χ0n) is 13.8. The van der Waals surface area contributed by atoms with Crippen LogP contribution in [0.5, 0.6) is 0 Å². The summed E-state index contributed by atoms with van der Waals surface area (Å²) in [7, 11) is 1.61. The number of benzene rings is 1. The number of carboxylic acids is 1. The predicted molar refractivity (Wildman–Crippen MR) is 94.2 cm³/mol. The maximum atomic E-state index is 12.2. The number of carbonyl (C=O) groups excluding carboxylic acids is 1. The summed E-state index contributed by atoms with van der Waals surface area (Å²) in [5.74, 6) is -0.912. The summed E-state index contributed by atoms with van der Waals surface area (Å²) in [6, 6.07) is 7.89. The van der Waals surface area contributed by atoms with E-state index in [0.29, 0.717) is 19.8 Å². The quantitative estimate of drug-likeness (QED) is 0.771. The number of halogens is 1. The molecule has 0 spiro atoms. The summed E-state index contributed by atoms with van der Waals surface area (Å²) in [6.07, 6.45) is 1.61. The van der Waals surface area contributed by atoms with Crippen molar-refractivity contribution in [1.82, 2.24) is 10.2 Å². The molecule has 1 fully saturated rings. The van der Waals surface area contributed by atoms with Crippen LogP contribution in [-0.2, 0) is 14.9 Å². The van der Waals surface area contributed by atoms with E-state index in [1.807, 2.05) is 12.1 Å². The van der Waals surface area contributed by atoms with E-state index >= 15 is 0 Å². The molecule has 0 saturated carbocycles. The molecule has 2 N–H and O–H groups in total. The van der Waals surface area contributed by atoms with Crippen LogP contribution >= 0.6 is 15.9 Å². The van der Waals surface area contributed by atoms with E-state index in [4.69, 9.17) is 9.84 Å². The van der Waals surface area contributed by atoms with Gasteiger partial charge < -0.3 is 20.1 Å². The van der Waals surface area contributed by atoms with Gasteiger partial charge in [0.25, 0.3) is 0 Å². The van der Waals surface area contributed by atoms with E-state index in [2.05, 4.69) is 33.4 Å². The van der Waals surface area contributed by atoms with Crippen LogP contribution in [0.15, 0.2) is 28.7 Å². The number of nitrogens with zero attached hydrogens (tertiary/aromatic N) is 1. The topological polar surface area (TPSA) is 78.9 Å². The Morgan fingerprint density at radius 3 is 2.71 bits per heavy atom. The number of nitrogens with one attached hydrogen (secondary N) is 1. The van der Waals surface area contributed by atoms with Gasteiger partial charge in [-0.3, -0.25) is 4.79 Å². The fraction of sp³-hybridized carbons (Fsp3) is 0.529. The van der Waals surface area contributed by atoms with Crippen molar-refractivity contribution in [2.75, 3.05) is 33.4 Å². The van der Waals surface area contributed by atoms with E-state index in [0.717, 1.165) is 17.3 Å². The van der Waals surface area contributed by atoms with Crippen molar-refractivity contribution in [3.05, 3.63) is 34.3 Å². The van der Waals surface area contributed by atoms with Crippen LogP contribution in [0.4, 0.5) is 4.79 Å². The number of hydrogen-bond donors (Lipinski definition) is 2. The molecule has 0 bridgehead atoms. The molecule has 132 valence electrons. The summed E-state index contributed by atoms with van der Waals surface area (Å²) in [4.78, 5) is 24.2. The summed E-state index contributed by atoms with van der Waals surface area (Å²) in [5.41, 5.74) is 1.01. The first-order valence-corrected chi connectivity index (χ1v) is 8.77. The first-order chi connectivity index (χ1) is 11.4. The van der Waals surface area contributed by atoms with Gasteiger partial charge in [-0.15, -0.1) is 0 Å². The Kier molecular flexibility index (Phi) is 6.62. The van der Waals surface area contributed by atoms with Gasteiger partial charge in [0.15, 0.2) is 0 Å². The van der Waals surface area contributed by atoms with Gasteiger partial charge in [-0.2, -0.15) is 0 Å². The van der Waals surface area contributed by atoms with Crippen LogP contribution in [-0.4, -0.2) is 55.4 Å². The highest BCUT2D eigenvalue weighted by molar-refractivity contribution is 9.10. The van der Waals surface area contributed by atoms with Gasteiger partial charge in [0.05, 0.1) is 6.42 Å². The second-order valence-corrected chi connectivity index (χ2v) is 7.04. The monoisotopic (exact) mass is 398 g/mol. The van der Waals surface area contributed by atoms with Crippen molar-refractivity contribution >= 4 is 27.9 Å². The Hall–Kier alpha value is -1.60. The molecule has 1 heterocycles. The molecule has 24 heavy (non-hydrogen) atoms. The average Bonchev–Trinajstić information content (AvgIpc) is 2.58. The zero-order chi connectivity index (χ0) is 17.6. The number of aliphatic carboxylic acids is 1. The summed E-state index contributed by atoms with van der Waals surface area (Å²) in [6.45, 7) is 2.02. The number of hydrogen-bond acceptors (Lipinski definition) is 3. The Morgan fingerprint density at radius 2 is 2.08 bits per heavy atom. The van der Waals surface area contributed by atoms with Gasteiger partial charge in [-0.1, -0.05) is 28.1 Å². The third-order valence-electron chi connectivity index (χ3n) is 4.47. The Bertz CT molecular complexity index is 588. The first-order valence-electron chi connectivity index (χ1n) is 7.97. The summed E-state index contributed by atoms with van der Waals surface area (Å²) in [5, 5.41) is 11.7. The molecule has 1 saturated heterocycles. The van der Waals surface area contributed by atoms with E-state index in [-0.39, 0.29) is 24.4 Å². The largest absolute Gasteiger partial charge is 0.481 e. The molecular weight excluding hydrogens is 376 g/mol.